The molecular weight excluding hydrogens is 184 g/mol. The highest BCUT2D eigenvalue weighted by molar-refractivity contribution is 5.66. The van der Waals surface area contributed by atoms with Crippen molar-refractivity contribution in [1.29, 1.82) is 0 Å². The SMILES string of the molecule is CC(C)OCCOC(C)CCC(=O)O. The number of aliphatic carboxylic acids is 1. The van der Waals surface area contributed by atoms with Crippen molar-refractivity contribution >= 4 is 5.97 Å². The van der Waals surface area contributed by atoms with E-state index in [4.69, 9.17) is 14.6 Å². The van der Waals surface area contributed by atoms with Gasteiger partial charge in [0.25, 0.3) is 0 Å². The molecule has 1 unspecified atom stereocenters. The first-order valence-electron chi connectivity index (χ1n) is 4.97. The lowest BCUT2D eigenvalue weighted by atomic mass is 10.2. The second kappa shape index (κ2) is 7.76. The zero-order valence-corrected chi connectivity index (χ0v) is 9.16. The average molecular weight is 204 g/mol. The highest BCUT2D eigenvalue weighted by atomic mass is 16.5. The van der Waals surface area contributed by atoms with Gasteiger partial charge in [0.2, 0.25) is 0 Å². The Kier molecular flexibility index (Phi) is 7.42. The normalized spacial score (nSPS) is 13.1. The van der Waals surface area contributed by atoms with Crippen LogP contribution in [0.3, 0.4) is 0 Å². The van der Waals surface area contributed by atoms with Crippen LogP contribution in [-0.4, -0.2) is 36.5 Å². The van der Waals surface area contributed by atoms with Gasteiger partial charge >= 0.3 is 5.97 Å². The van der Waals surface area contributed by atoms with Gasteiger partial charge in [-0.15, -0.1) is 0 Å². The molecule has 1 atom stereocenters. The van der Waals surface area contributed by atoms with Crippen molar-refractivity contribution < 1.29 is 19.4 Å². The van der Waals surface area contributed by atoms with E-state index in [2.05, 4.69) is 0 Å². The highest BCUT2D eigenvalue weighted by Gasteiger charge is 2.05. The Bertz CT molecular complexity index is 156. The molecule has 0 heterocycles. The Morgan fingerprint density at radius 2 is 1.79 bits per heavy atom. The molecule has 1 N–H and O–H groups in total. The van der Waals surface area contributed by atoms with Crippen LogP contribution in [0.5, 0.6) is 0 Å². The zero-order valence-electron chi connectivity index (χ0n) is 9.16. The number of rotatable bonds is 8. The van der Waals surface area contributed by atoms with E-state index in [1.165, 1.54) is 0 Å². The maximum absolute atomic E-state index is 10.2. The van der Waals surface area contributed by atoms with E-state index in [-0.39, 0.29) is 18.6 Å². The van der Waals surface area contributed by atoms with Crippen LogP contribution in [0, 0.1) is 0 Å². The standard InChI is InChI=1S/C10H20O4/c1-8(2)13-6-7-14-9(3)4-5-10(11)12/h8-9H,4-7H2,1-3H3,(H,11,12). The molecule has 4 heteroatoms. The van der Waals surface area contributed by atoms with E-state index < -0.39 is 5.97 Å². The molecule has 0 radical (unpaired) electrons. The predicted octanol–water partition coefficient (Wildman–Crippen LogP) is 1.68. The van der Waals surface area contributed by atoms with Gasteiger partial charge in [-0.1, -0.05) is 0 Å². The number of hydrogen-bond donors (Lipinski definition) is 1. The van der Waals surface area contributed by atoms with Crippen molar-refractivity contribution in [2.24, 2.45) is 0 Å². The van der Waals surface area contributed by atoms with Gasteiger partial charge in [0, 0.05) is 6.42 Å². The van der Waals surface area contributed by atoms with Crippen LogP contribution in [-0.2, 0) is 14.3 Å². The summed E-state index contributed by atoms with van der Waals surface area (Å²) in [6, 6.07) is 0. The molecule has 0 aromatic rings. The third kappa shape index (κ3) is 9.48. The summed E-state index contributed by atoms with van der Waals surface area (Å²) < 4.78 is 10.6. The van der Waals surface area contributed by atoms with E-state index in [1.807, 2.05) is 20.8 Å². The van der Waals surface area contributed by atoms with E-state index in [1.54, 1.807) is 0 Å². The quantitative estimate of drug-likeness (QED) is 0.611. The Hall–Kier alpha value is -0.610. The Morgan fingerprint density at radius 1 is 1.21 bits per heavy atom. The Balaban J connectivity index is 3.26. The molecular formula is C10H20O4. The second-order valence-electron chi connectivity index (χ2n) is 3.53. The molecule has 0 aliphatic rings. The topological polar surface area (TPSA) is 55.8 Å². The molecule has 84 valence electrons. The van der Waals surface area contributed by atoms with Crippen LogP contribution < -0.4 is 0 Å². The molecule has 0 fully saturated rings. The summed E-state index contributed by atoms with van der Waals surface area (Å²) in [5.41, 5.74) is 0. The van der Waals surface area contributed by atoms with Crippen LogP contribution in [0.25, 0.3) is 0 Å². The van der Waals surface area contributed by atoms with Crippen LogP contribution in [0.1, 0.15) is 33.6 Å². The molecule has 0 saturated carbocycles. The largest absolute Gasteiger partial charge is 0.481 e. The summed E-state index contributed by atoms with van der Waals surface area (Å²) in [5.74, 6) is -0.779. The smallest absolute Gasteiger partial charge is 0.303 e. The minimum absolute atomic E-state index is 0.0122. The molecule has 4 nitrogen and oxygen atoms in total. The van der Waals surface area contributed by atoms with Gasteiger partial charge in [0.1, 0.15) is 0 Å². The molecule has 0 bridgehead atoms. The monoisotopic (exact) mass is 204 g/mol. The van der Waals surface area contributed by atoms with Gasteiger partial charge in [-0.2, -0.15) is 0 Å². The summed E-state index contributed by atoms with van der Waals surface area (Å²) in [4.78, 5) is 10.2. The lowest BCUT2D eigenvalue weighted by molar-refractivity contribution is -0.137. The number of hydrogen-bond acceptors (Lipinski definition) is 3. The molecule has 0 aliphatic carbocycles. The van der Waals surface area contributed by atoms with Gasteiger partial charge in [-0.3, -0.25) is 4.79 Å². The molecule has 0 aliphatic heterocycles. The molecule has 0 aromatic heterocycles. The van der Waals surface area contributed by atoms with E-state index in [9.17, 15) is 4.79 Å². The lowest BCUT2D eigenvalue weighted by Gasteiger charge is -2.13. The van der Waals surface area contributed by atoms with Crippen molar-refractivity contribution in [3.8, 4) is 0 Å². The minimum Gasteiger partial charge on any atom is -0.481 e. The molecule has 0 amide bonds. The summed E-state index contributed by atoms with van der Waals surface area (Å²) in [6.45, 7) is 6.90. The highest BCUT2D eigenvalue weighted by Crippen LogP contribution is 2.01. The number of ether oxygens (including phenoxy) is 2. The summed E-state index contributed by atoms with van der Waals surface area (Å²) in [7, 11) is 0. The van der Waals surface area contributed by atoms with Crippen LogP contribution in [0.15, 0.2) is 0 Å². The second-order valence-corrected chi connectivity index (χ2v) is 3.53. The maximum atomic E-state index is 10.2. The van der Waals surface area contributed by atoms with Crippen molar-refractivity contribution in [3.05, 3.63) is 0 Å². The van der Waals surface area contributed by atoms with Crippen LogP contribution >= 0.6 is 0 Å². The molecule has 0 rings (SSSR count). The van der Waals surface area contributed by atoms with Gasteiger partial charge in [0.15, 0.2) is 0 Å². The van der Waals surface area contributed by atoms with E-state index in [0.717, 1.165) is 0 Å². The van der Waals surface area contributed by atoms with Gasteiger partial charge in [-0.25, -0.2) is 0 Å². The fourth-order valence-corrected chi connectivity index (χ4v) is 0.943. The number of carboxylic acid groups (broad SMARTS) is 1. The van der Waals surface area contributed by atoms with Crippen LogP contribution in [0.2, 0.25) is 0 Å². The summed E-state index contributed by atoms with van der Waals surface area (Å²) >= 11 is 0. The molecule has 0 aromatic carbocycles. The zero-order chi connectivity index (χ0) is 11.0. The molecule has 14 heavy (non-hydrogen) atoms. The fraction of sp³-hybridized carbons (Fsp3) is 0.900. The van der Waals surface area contributed by atoms with Crippen LogP contribution in [0.4, 0.5) is 0 Å². The first-order valence-corrected chi connectivity index (χ1v) is 4.97. The van der Waals surface area contributed by atoms with E-state index in [0.29, 0.717) is 19.6 Å². The van der Waals surface area contributed by atoms with Crippen molar-refractivity contribution in [3.63, 3.8) is 0 Å². The van der Waals surface area contributed by atoms with Gasteiger partial charge in [-0.05, 0) is 27.2 Å². The van der Waals surface area contributed by atoms with E-state index >= 15 is 0 Å². The molecule has 0 spiro atoms. The Morgan fingerprint density at radius 3 is 2.29 bits per heavy atom. The lowest BCUT2D eigenvalue weighted by Crippen LogP contribution is -2.16. The predicted molar refractivity (Wildman–Crippen MR) is 53.4 cm³/mol. The average Bonchev–Trinajstić information content (AvgIpc) is 2.08. The Labute approximate surface area is 85.2 Å². The van der Waals surface area contributed by atoms with Crippen molar-refractivity contribution in [1.82, 2.24) is 0 Å². The first-order chi connectivity index (χ1) is 6.52. The fourth-order valence-electron chi connectivity index (χ4n) is 0.943. The maximum Gasteiger partial charge on any atom is 0.303 e. The number of carbonyl (C=O) groups is 1. The first kappa shape index (κ1) is 13.4. The summed E-state index contributed by atoms with van der Waals surface area (Å²) in [5, 5.41) is 8.43. The summed E-state index contributed by atoms with van der Waals surface area (Å²) in [6.07, 6.45) is 0.915. The van der Waals surface area contributed by atoms with Gasteiger partial charge in [0.05, 0.1) is 25.4 Å². The van der Waals surface area contributed by atoms with Crippen molar-refractivity contribution in [2.75, 3.05) is 13.2 Å². The third-order valence-corrected chi connectivity index (χ3v) is 1.70. The molecule has 0 saturated heterocycles. The minimum atomic E-state index is -0.779. The van der Waals surface area contributed by atoms with Gasteiger partial charge < -0.3 is 14.6 Å². The van der Waals surface area contributed by atoms with Crippen molar-refractivity contribution in [2.45, 2.75) is 45.8 Å². The number of carboxylic acids is 1. The third-order valence-electron chi connectivity index (χ3n) is 1.70.